The Hall–Kier alpha value is -3.74. The Morgan fingerprint density at radius 1 is 1.11 bits per heavy atom. The van der Waals surface area contributed by atoms with Gasteiger partial charge in [0.2, 0.25) is 0 Å². The lowest BCUT2D eigenvalue weighted by Gasteiger charge is -2.03. The largest absolute Gasteiger partial charge is 0.497 e. The lowest BCUT2D eigenvalue weighted by molar-refractivity contribution is 0.401. The van der Waals surface area contributed by atoms with Crippen molar-refractivity contribution in [2.45, 2.75) is 6.54 Å². The zero-order valence-electron chi connectivity index (χ0n) is 14.6. The molecule has 0 saturated heterocycles. The number of hydrogen-bond donors (Lipinski definition) is 0. The molecule has 2 heterocycles. The molecule has 0 unspecified atom stereocenters. The molecule has 2 aromatic heterocycles. The molecule has 2 aromatic carbocycles. The van der Waals surface area contributed by atoms with Crippen LogP contribution in [0.2, 0.25) is 0 Å². The Balaban J connectivity index is 1.52. The fourth-order valence-electron chi connectivity index (χ4n) is 2.65. The molecule has 0 aliphatic carbocycles. The number of para-hydroxylation sites is 1. The first kappa shape index (κ1) is 16.7. The monoisotopic (exact) mass is 360 g/mol. The molecule has 7 nitrogen and oxygen atoms in total. The Morgan fingerprint density at radius 3 is 2.74 bits per heavy atom. The highest BCUT2D eigenvalue weighted by atomic mass is 16.5. The first-order chi connectivity index (χ1) is 13.2. The van der Waals surface area contributed by atoms with E-state index in [0.29, 0.717) is 22.6 Å². The summed E-state index contributed by atoms with van der Waals surface area (Å²) in [5.74, 6) is 1.56. The van der Waals surface area contributed by atoms with Gasteiger partial charge in [-0.15, -0.1) is 0 Å². The minimum Gasteiger partial charge on any atom is -0.497 e. The zero-order chi connectivity index (χ0) is 18.6. The van der Waals surface area contributed by atoms with Crippen LogP contribution in [0.1, 0.15) is 17.3 Å². The summed E-state index contributed by atoms with van der Waals surface area (Å²) in [6.45, 7) is 0.191. The molecule has 0 fully saturated rings. The van der Waals surface area contributed by atoms with Crippen LogP contribution in [0.15, 0.2) is 64.2 Å². The number of fused-ring (bicyclic) bond motifs is 1. The number of nitrogens with zero attached hydrogens (tertiary/aromatic N) is 4. The van der Waals surface area contributed by atoms with Gasteiger partial charge in [-0.05, 0) is 35.9 Å². The van der Waals surface area contributed by atoms with Crippen LogP contribution in [0.25, 0.3) is 23.1 Å². The molecule has 0 aliphatic rings. The summed E-state index contributed by atoms with van der Waals surface area (Å²) in [7, 11) is 1.63. The van der Waals surface area contributed by atoms with Gasteiger partial charge in [0.05, 0.1) is 30.9 Å². The van der Waals surface area contributed by atoms with Gasteiger partial charge in [0.25, 0.3) is 11.4 Å². The molecule has 27 heavy (non-hydrogen) atoms. The van der Waals surface area contributed by atoms with Crippen molar-refractivity contribution in [1.29, 1.82) is 0 Å². The summed E-state index contributed by atoms with van der Waals surface area (Å²) in [5, 5.41) is 4.49. The van der Waals surface area contributed by atoms with Crippen LogP contribution in [0.5, 0.6) is 5.75 Å². The zero-order valence-corrected chi connectivity index (χ0v) is 14.6. The van der Waals surface area contributed by atoms with Crippen molar-refractivity contribution >= 4 is 23.1 Å². The first-order valence-corrected chi connectivity index (χ1v) is 8.32. The third-order valence-corrected chi connectivity index (χ3v) is 4.06. The standard InChI is InChI=1S/C20H16N4O3/c1-26-15-9-6-14(7-10-15)8-11-19-22-18(23-27-19)12-24-13-21-17-5-3-2-4-16(17)20(24)25/h2-11,13H,12H2,1H3. The quantitative estimate of drug-likeness (QED) is 0.544. The van der Waals surface area contributed by atoms with Crippen molar-refractivity contribution in [2.24, 2.45) is 0 Å². The van der Waals surface area contributed by atoms with Crippen LogP contribution in [0.3, 0.4) is 0 Å². The predicted octanol–water partition coefficient (Wildman–Crippen LogP) is 3.01. The molecule has 0 aliphatic heterocycles. The Morgan fingerprint density at radius 2 is 1.93 bits per heavy atom. The van der Waals surface area contributed by atoms with Crippen molar-refractivity contribution in [3.05, 3.63) is 82.5 Å². The molecule has 0 atom stereocenters. The number of hydrogen-bond acceptors (Lipinski definition) is 6. The van der Waals surface area contributed by atoms with Gasteiger partial charge in [-0.2, -0.15) is 4.98 Å². The average Bonchev–Trinajstić information content (AvgIpc) is 3.16. The van der Waals surface area contributed by atoms with E-state index in [9.17, 15) is 4.79 Å². The molecule has 0 spiro atoms. The van der Waals surface area contributed by atoms with E-state index in [-0.39, 0.29) is 12.1 Å². The number of aromatic nitrogens is 4. The molecule has 0 saturated carbocycles. The fourth-order valence-corrected chi connectivity index (χ4v) is 2.65. The molecular weight excluding hydrogens is 344 g/mol. The first-order valence-electron chi connectivity index (χ1n) is 8.32. The predicted molar refractivity (Wildman–Crippen MR) is 101 cm³/mol. The summed E-state index contributed by atoms with van der Waals surface area (Å²) in [5.41, 5.74) is 1.50. The van der Waals surface area contributed by atoms with Crippen molar-refractivity contribution in [3.8, 4) is 5.75 Å². The summed E-state index contributed by atoms with van der Waals surface area (Å²) < 4.78 is 11.8. The van der Waals surface area contributed by atoms with Gasteiger partial charge >= 0.3 is 0 Å². The number of benzene rings is 2. The van der Waals surface area contributed by atoms with E-state index in [0.717, 1.165) is 11.3 Å². The lowest BCUT2D eigenvalue weighted by atomic mass is 10.2. The third kappa shape index (κ3) is 3.62. The van der Waals surface area contributed by atoms with Crippen LogP contribution < -0.4 is 10.3 Å². The normalized spacial score (nSPS) is 11.3. The molecule has 0 amide bonds. The molecular formula is C20H16N4O3. The maximum atomic E-state index is 12.5. The van der Waals surface area contributed by atoms with E-state index in [1.165, 1.54) is 10.9 Å². The van der Waals surface area contributed by atoms with Gasteiger partial charge < -0.3 is 9.26 Å². The number of ether oxygens (including phenoxy) is 1. The van der Waals surface area contributed by atoms with Crippen molar-refractivity contribution < 1.29 is 9.26 Å². The van der Waals surface area contributed by atoms with Crippen LogP contribution in [-0.4, -0.2) is 26.8 Å². The summed E-state index contributed by atoms with van der Waals surface area (Å²) in [6, 6.07) is 14.8. The van der Waals surface area contributed by atoms with Gasteiger partial charge in [-0.1, -0.05) is 29.4 Å². The lowest BCUT2D eigenvalue weighted by Crippen LogP contribution is -2.21. The maximum absolute atomic E-state index is 12.5. The molecule has 0 N–H and O–H groups in total. The SMILES string of the molecule is COc1ccc(C=Cc2nc(Cn3cnc4ccccc4c3=O)no2)cc1. The van der Waals surface area contributed by atoms with Crippen LogP contribution in [0, 0.1) is 0 Å². The topological polar surface area (TPSA) is 83.0 Å². The van der Waals surface area contributed by atoms with Gasteiger partial charge in [-0.3, -0.25) is 9.36 Å². The summed E-state index contributed by atoms with van der Waals surface area (Å²) in [6.07, 6.45) is 5.08. The second kappa shape index (κ2) is 7.25. The highest BCUT2D eigenvalue weighted by Gasteiger charge is 2.08. The van der Waals surface area contributed by atoms with Crippen LogP contribution in [-0.2, 0) is 6.54 Å². The Labute approximate surface area is 154 Å². The second-order valence-electron chi connectivity index (χ2n) is 5.85. The Bertz CT molecular complexity index is 1160. The minimum atomic E-state index is -0.138. The number of rotatable bonds is 5. The van der Waals surface area contributed by atoms with Crippen LogP contribution in [0.4, 0.5) is 0 Å². The van der Waals surface area contributed by atoms with Gasteiger partial charge in [0, 0.05) is 6.08 Å². The van der Waals surface area contributed by atoms with Crippen molar-refractivity contribution in [3.63, 3.8) is 0 Å². The van der Waals surface area contributed by atoms with E-state index < -0.39 is 0 Å². The molecule has 0 bridgehead atoms. The van der Waals surface area contributed by atoms with Crippen LogP contribution >= 0.6 is 0 Å². The molecule has 4 rings (SSSR count). The van der Waals surface area contributed by atoms with Crippen molar-refractivity contribution in [1.82, 2.24) is 19.7 Å². The second-order valence-corrected chi connectivity index (χ2v) is 5.85. The van der Waals surface area contributed by atoms with E-state index in [4.69, 9.17) is 9.26 Å². The van der Waals surface area contributed by atoms with E-state index in [2.05, 4.69) is 15.1 Å². The summed E-state index contributed by atoms with van der Waals surface area (Å²) in [4.78, 5) is 21.1. The average molecular weight is 360 g/mol. The van der Waals surface area contributed by atoms with E-state index in [1.54, 1.807) is 25.3 Å². The Kier molecular flexibility index (Phi) is 4.49. The van der Waals surface area contributed by atoms with E-state index in [1.807, 2.05) is 42.5 Å². The fraction of sp³-hybridized carbons (Fsp3) is 0.100. The number of methoxy groups -OCH3 is 1. The summed E-state index contributed by atoms with van der Waals surface area (Å²) >= 11 is 0. The van der Waals surface area contributed by atoms with Gasteiger partial charge in [0.15, 0.2) is 5.82 Å². The highest BCUT2D eigenvalue weighted by molar-refractivity contribution is 5.76. The highest BCUT2D eigenvalue weighted by Crippen LogP contribution is 2.13. The molecule has 4 aromatic rings. The van der Waals surface area contributed by atoms with E-state index >= 15 is 0 Å². The molecule has 0 radical (unpaired) electrons. The maximum Gasteiger partial charge on any atom is 0.261 e. The van der Waals surface area contributed by atoms with Crippen molar-refractivity contribution in [2.75, 3.05) is 7.11 Å². The third-order valence-electron chi connectivity index (χ3n) is 4.06. The molecule has 7 heteroatoms. The smallest absolute Gasteiger partial charge is 0.261 e. The van der Waals surface area contributed by atoms with Gasteiger partial charge in [-0.25, -0.2) is 4.98 Å². The minimum absolute atomic E-state index is 0.138. The van der Waals surface area contributed by atoms with Gasteiger partial charge in [0.1, 0.15) is 5.75 Å². The molecule has 134 valence electrons.